The van der Waals surface area contributed by atoms with E-state index in [0.29, 0.717) is 5.56 Å². The first kappa shape index (κ1) is 16.7. The zero-order chi connectivity index (χ0) is 19.6. The summed E-state index contributed by atoms with van der Waals surface area (Å²) in [5.74, 6) is 6.34. The number of rotatable bonds is 1. The maximum absolute atomic E-state index is 9.04. The number of benzene rings is 2. The molecule has 0 radical (unpaired) electrons. The molecule has 134 valence electrons. The van der Waals surface area contributed by atoms with Crippen molar-refractivity contribution < 1.29 is 0 Å². The van der Waals surface area contributed by atoms with Crippen molar-refractivity contribution >= 4 is 21.9 Å². The first-order valence-corrected chi connectivity index (χ1v) is 9.00. The largest absolute Gasteiger partial charge is 0.298 e. The van der Waals surface area contributed by atoms with E-state index in [1.54, 1.807) is 37.1 Å². The quantitative estimate of drug-likeness (QED) is 0.413. The fourth-order valence-corrected chi connectivity index (χ4v) is 3.24. The van der Waals surface area contributed by atoms with Crippen molar-refractivity contribution in [2.24, 2.45) is 0 Å². The molecule has 2 aromatic carbocycles. The van der Waals surface area contributed by atoms with Crippen molar-refractivity contribution in [3.8, 4) is 23.6 Å². The van der Waals surface area contributed by atoms with Crippen molar-refractivity contribution in [2.75, 3.05) is 0 Å². The Labute approximate surface area is 166 Å². The maximum atomic E-state index is 9.04. The SMILES string of the molecule is N#Cc1ccc(-n2cnc3cnc4ccc(C#Cc5cccnc5)cc4c32)cc1. The van der Waals surface area contributed by atoms with E-state index in [1.807, 2.05) is 47.0 Å². The zero-order valence-corrected chi connectivity index (χ0v) is 15.2. The molecule has 29 heavy (non-hydrogen) atoms. The van der Waals surface area contributed by atoms with Crippen LogP contribution in [-0.2, 0) is 0 Å². The van der Waals surface area contributed by atoms with E-state index in [9.17, 15) is 0 Å². The number of imidazole rings is 1. The predicted octanol–water partition coefficient (Wildman–Crippen LogP) is 4.24. The smallest absolute Gasteiger partial charge is 0.108 e. The highest BCUT2D eigenvalue weighted by Crippen LogP contribution is 2.26. The molecule has 0 aliphatic carbocycles. The Morgan fingerprint density at radius 3 is 2.41 bits per heavy atom. The molecular weight excluding hydrogens is 358 g/mol. The van der Waals surface area contributed by atoms with Gasteiger partial charge in [-0.3, -0.25) is 14.5 Å². The van der Waals surface area contributed by atoms with Crippen LogP contribution in [0.2, 0.25) is 0 Å². The average Bonchev–Trinajstić information content (AvgIpc) is 3.23. The van der Waals surface area contributed by atoms with E-state index in [-0.39, 0.29) is 0 Å². The van der Waals surface area contributed by atoms with Crippen LogP contribution in [-0.4, -0.2) is 19.5 Å². The normalized spacial score (nSPS) is 10.4. The number of pyridine rings is 2. The lowest BCUT2D eigenvalue weighted by Crippen LogP contribution is -1.94. The Balaban J connectivity index is 1.68. The summed E-state index contributed by atoms with van der Waals surface area (Å²) in [6.45, 7) is 0. The van der Waals surface area contributed by atoms with Crippen LogP contribution in [0.3, 0.4) is 0 Å². The van der Waals surface area contributed by atoms with Gasteiger partial charge in [-0.1, -0.05) is 11.8 Å². The molecule has 0 unspecified atom stereocenters. The predicted molar refractivity (Wildman–Crippen MR) is 111 cm³/mol. The van der Waals surface area contributed by atoms with Gasteiger partial charge in [0.15, 0.2) is 0 Å². The molecule has 3 heterocycles. The first-order chi connectivity index (χ1) is 14.3. The first-order valence-electron chi connectivity index (χ1n) is 9.00. The molecule has 0 aliphatic heterocycles. The Morgan fingerprint density at radius 2 is 1.62 bits per heavy atom. The summed E-state index contributed by atoms with van der Waals surface area (Å²) in [4.78, 5) is 13.1. The van der Waals surface area contributed by atoms with Gasteiger partial charge in [-0.2, -0.15) is 5.26 Å². The van der Waals surface area contributed by atoms with Crippen molar-refractivity contribution in [2.45, 2.75) is 0 Å². The van der Waals surface area contributed by atoms with Crippen LogP contribution in [0.4, 0.5) is 0 Å². The van der Waals surface area contributed by atoms with Gasteiger partial charge in [-0.25, -0.2) is 4.98 Å². The van der Waals surface area contributed by atoms with E-state index in [2.05, 4.69) is 32.9 Å². The third-order valence-corrected chi connectivity index (χ3v) is 4.66. The second-order valence-corrected chi connectivity index (χ2v) is 6.49. The average molecular weight is 371 g/mol. The number of nitriles is 1. The van der Waals surface area contributed by atoms with E-state index < -0.39 is 0 Å². The summed E-state index contributed by atoms with van der Waals surface area (Å²) in [5, 5.41) is 10.0. The van der Waals surface area contributed by atoms with Crippen LogP contribution in [0.15, 0.2) is 79.5 Å². The van der Waals surface area contributed by atoms with Gasteiger partial charge in [0.2, 0.25) is 0 Å². The second-order valence-electron chi connectivity index (χ2n) is 6.49. The standard InChI is InChI=1S/C24H13N5/c25-13-18-5-8-20(9-6-18)29-16-28-23-15-27-22-10-7-17(12-21(22)24(23)29)3-4-19-2-1-11-26-14-19/h1-2,5-12,14-16H. The summed E-state index contributed by atoms with van der Waals surface area (Å²) < 4.78 is 2.01. The molecule has 0 spiro atoms. The van der Waals surface area contributed by atoms with Gasteiger partial charge in [-0.05, 0) is 54.6 Å². The van der Waals surface area contributed by atoms with Crippen molar-refractivity contribution in [3.05, 3.63) is 96.2 Å². The molecule has 5 rings (SSSR count). The lowest BCUT2D eigenvalue weighted by molar-refractivity contribution is 1.09. The van der Waals surface area contributed by atoms with E-state index in [1.165, 1.54) is 0 Å². The second kappa shape index (κ2) is 6.92. The van der Waals surface area contributed by atoms with Gasteiger partial charge in [0.1, 0.15) is 11.8 Å². The number of hydrogen-bond acceptors (Lipinski definition) is 4. The third kappa shape index (κ3) is 3.07. The van der Waals surface area contributed by atoms with Gasteiger partial charge in [0.25, 0.3) is 0 Å². The number of aromatic nitrogens is 4. The molecule has 0 fully saturated rings. The lowest BCUT2D eigenvalue weighted by Gasteiger charge is -2.07. The lowest BCUT2D eigenvalue weighted by atomic mass is 10.1. The number of fused-ring (bicyclic) bond motifs is 3. The maximum Gasteiger partial charge on any atom is 0.108 e. The molecule has 5 heteroatoms. The van der Waals surface area contributed by atoms with Gasteiger partial charge >= 0.3 is 0 Å². The van der Waals surface area contributed by atoms with Crippen molar-refractivity contribution in [1.82, 2.24) is 19.5 Å². The summed E-state index contributed by atoms with van der Waals surface area (Å²) in [5.41, 5.74) is 5.96. The van der Waals surface area contributed by atoms with Crippen LogP contribution >= 0.6 is 0 Å². The molecule has 0 N–H and O–H groups in total. The molecule has 3 aromatic heterocycles. The number of nitrogens with zero attached hydrogens (tertiary/aromatic N) is 5. The molecule has 0 bridgehead atoms. The van der Waals surface area contributed by atoms with Crippen LogP contribution in [0, 0.1) is 23.2 Å². The van der Waals surface area contributed by atoms with Crippen molar-refractivity contribution in [1.29, 1.82) is 5.26 Å². The minimum absolute atomic E-state index is 0.623. The Hall–Kier alpha value is -4.48. The fourth-order valence-electron chi connectivity index (χ4n) is 3.24. The highest BCUT2D eigenvalue weighted by Gasteiger charge is 2.10. The summed E-state index contributed by atoms with van der Waals surface area (Å²) in [7, 11) is 0. The van der Waals surface area contributed by atoms with E-state index in [0.717, 1.165) is 38.8 Å². The molecule has 0 atom stereocenters. The topological polar surface area (TPSA) is 67.4 Å². The van der Waals surface area contributed by atoms with Gasteiger partial charge < -0.3 is 0 Å². The van der Waals surface area contributed by atoms with Crippen LogP contribution in [0.5, 0.6) is 0 Å². The minimum atomic E-state index is 0.623. The summed E-state index contributed by atoms with van der Waals surface area (Å²) >= 11 is 0. The Kier molecular flexibility index (Phi) is 3.98. The highest BCUT2D eigenvalue weighted by molar-refractivity contribution is 6.03. The van der Waals surface area contributed by atoms with Crippen LogP contribution in [0.25, 0.3) is 27.6 Å². The molecular formula is C24H13N5. The van der Waals surface area contributed by atoms with Crippen LogP contribution < -0.4 is 0 Å². The van der Waals surface area contributed by atoms with E-state index >= 15 is 0 Å². The molecule has 0 saturated carbocycles. The van der Waals surface area contributed by atoms with Gasteiger partial charge in [0, 0.05) is 34.6 Å². The van der Waals surface area contributed by atoms with Crippen LogP contribution in [0.1, 0.15) is 16.7 Å². The van der Waals surface area contributed by atoms with E-state index in [4.69, 9.17) is 5.26 Å². The third-order valence-electron chi connectivity index (χ3n) is 4.66. The Morgan fingerprint density at radius 1 is 0.793 bits per heavy atom. The van der Waals surface area contributed by atoms with Gasteiger partial charge in [0.05, 0.1) is 28.9 Å². The van der Waals surface area contributed by atoms with Gasteiger partial charge in [-0.15, -0.1) is 0 Å². The summed E-state index contributed by atoms with van der Waals surface area (Å²) in [6, 6.07) is 19.4. The summed E-state index contributed by atoms with van der Waals surface area (Å²) in [6.07, 6.45) is 7.03. The molecule has 5 nitrogen and oxygen atoms in total. The molecule has 5 aromatic rings. The monoisotopic (exact) mass is 371 g/mol. The highest BCUT2D eigenvalue weighted by atomic mass is 15.1. The molecule has 0 saturated heterocycles. The molecule has 0 aliphatic rings. The number of hydrogen-bond donors (Lipinski definition) is 0. The Bertz CT molecular complexity index is 1450. The fraction of sp³-hybridized carbons (Fsp3) is 0. The van der Waals surface area contributed by atoms with Crippen molar-refractivity contribution in [3.63, 3.8) is 0 Å². The molecule has 0 amide bonds. The minimum Gasteiger partial charge on any atom is -0.298 e. The zero-order valence-electron chi connectivity index (χ0n) is 15.2.